The van der Waals surface area contributed by atoms with Crippen molar-refractivity contribution in [3.63, 3.8) is 0 Å². The SMILES string of the molecule is C=CC=CC(C=CC#N)=CC. The molecule has 0 spiro atoms. The van der Waals surface area contributed by atoms with Gasteiger partial charge in [-0.2, -0.15) is 5.26 Å². The predicted octanol–water partition coefficient (Wildman–Crippen LogP) is 2.75. The number of nitrogens with zero attached hydrogens (tertiary/aromatic N) is 1. The Morgan fingerprint density at radius 3 is 2.64 bits per heavy atom. The maximum absolute atomic E-state index is 8.23. The van der Waals surface area contributed by atoms with Crippen LogP contribution in [0, 0.1) is 11.3 Å². The first kappa shape index (κ1) is 9.45. The fourth-order valence-corrected chi connectivity index (χ4v) is 0.561. The zero-order chi connectivity index (χ0) is 8.53. The summed E-state index contributed by atoms with van der Waals surface area (Å²) in [7, 11) is 0. The van der Waals surface area contributed by atoms with Gasteiger partial charge < -0.3 is 0 Å². The summed E-state index contributed by atoms with van der Waals surface area (Å²) in [4.78, 5) is 0. The van der Waals surface area contributed by atoms with Crippen LogP contribution in [0.5, 0.6) is 0 Å². The lowest BCUT2D eigenvalue weighted by Crippen LogP contribution is -1.67. The first-order chi connectivity index (χ1) is 5.35. The minimum atomic E-state index is 1.01. The highest BCUT2D eigenvalue weighted by Gasteiger charge is 1.79. The van der Waals surface area contributed by atoms with Crippen LogP contribution in [-0.4, -0.2) is 0 Å². The van der Waals surface area contributed by atoms with Crippen LogP contribution >= 0.6 is 0 Å². The average Bonchev–Trinajstić information content (AvgIpc) is 2.05. The molecule has 1 nitrogen and oxygen atoms in total. The number of nitriles is 1. The van der Waals surface area contributed by atoms with Gasteiger partial charge in [0.1, 0.15) is 0 Å². The van der Waals surface area contributed by atoms with Crippen molar-refractivity contribution in [2.24, 2.45) is 0 Å². The van der Waals surface area contributed by atoms with Crippen molar-refractivity contribution < 1.29 is 0 Å². The van der Waals surface area contributed by atoms with Crippen LogP contribution in [0.3, 0.4) is 0 Å². The largest absolute Gasteiger partial charge is 0.193 e. The maximum Gasteiger partial charge on any atom is 0.0912 e. The van der Waals surface area contributed by atoms with E-state index in [1.807, 2.05) is 31.2 Å². The smallest absolute Gasteiger partial charge is 0.0912 e. The third kappa shape index (κ3) is 4.92. The summed E-state index contributed by atoms with van der Waals surface area (Å²) in [5, 5.41) is 8.23. The minimum absolute atomic E-state index is 1.01. The van der Waals surface area contributed by atoms with E-state index in [-0.39, 0.29) is 0 Å². The zero-order valence-corrected chi connectivity index (χ0v) is 6.62. The zero-order valence-electron chi connectivity index (χ0n) is 6.62. The molecule has 0 N–H and O–H groups in total. The van der Waals surface area contributed by atoms with Crippen molar-refractivity contribution in [2.45, 2.75) is 6.92 Å². The average molecular weight is 145 g/mol. The van der Waals surface area contributed by atoms with Crippen LogP contribution in [0.25, 0.3) is 0 Å². The molecule has 0 atom stereocenters. The van der Waals surface area contributed by atoms with Gasteiger partial charge in [0.15, 0.2) is 0 Å². The molecular formula is C10H11N. The standard InChI is InChI=1S/C10H11N/c1-3-5-7-10(4-2)8-6-9-11/h3-8H,1H2,2H3. The van der Waals surface area contributed by atoms with Crippen molar-refractivity contribution >= 4 is 0 Å². The monoisotopic (exact) mass is 145 g/mol. The molecule has 0 rings (SSSR count). The molecule has 0 aliphatic carbocycles. The van der Waals surface area contributed by atoms with Gasteiger partial charge in [0.05, 0.1) is 6.07 Å². The summed E-state index contributed by atoms with van der Waals surface area (Å²) in [6.07, 6.45) is 10.5. The second-order valence-corrected chi connectivity index (χ2v) is 1.85. The van der Waals surface area contributed by atoms with Gasteiger partial charge in [-0.15, -0.1) is 0 Å². The summed E-state index contributed by atoms with van der Waals surface area (Å²) in [6.45, 7) is 5.47. The Labute approximate surface area is 67.7 Å². The lowest BCUT2D eigenvalue weighted by Gasteiger charge is -1.86. The Kier molecular flexibility index (Phi) is 5.64. The summed E-state index contributed by atoms with van der Waals surface area (Å²) in [6, 6.07) is 1.93. The Bertz CT molecular complexity index is 236. The van der Waals surface area contributed by atoms with Crippen LogP contribution in [0.4, 0.5) is 0 Å². The van der Waals surface area contributed by atoms with Crippen molar-refractivity contribution in [3.05, 3.63) is 48.6 Å². The fraction of sp³-hybridized carbons (Fsp3) is 0.100. The molecule has 0 amide bonds. The lowest BCUT2D eigenvalue weighted by molar-refractivity contribution is 1.52. The highest BCUT2D eigenvalue weighted by Crippen LogP contribution is 1.98. The summed E-state index contributed by atoms with van der Waals surface area (Å²) < 4.78 is 0. The quantitative estimate of drug-likeness (QED) is 0.442. The first-order valence-corrected chi connectivity index (χ1v) is 3.36. The van der Waals surface area contributed by atoms with Crippen molar-refractivity contribution in [1.29, 1.82) is 5.26 Å². The second kappa shape index (κ2) is 6.57. The van der Waals surface area contributed by atoms with Crippen LogP contribution in [0.15, 0.2) is 48.6 Å². The van der Waals surface area contributed by atoms with Gasteiger partial charge in [-0.05, 0) is 18.6 Å². The number of hydrogen-bond acceptors (Lipinski definition) is 1. The van der Waals surface area contributed by atoms with Gasteiger partial charge in [-0.25, -0.2) is 0 Å². The molecule has 0 bridgehead atoms. The van der Waals surface area contributed by atoms with Gasteiger partial charge >= 0.3 is 0 Å². The van der Waals surface area contributed by atoms with Gasteiger partial charge in [0.25, 0.3) is 0 Å². The molecule has 11 heavy (non-hydrogen) atoms. The third-order valence-corrected chi connectivity index (χ3v) is 1.11. The minimum Gasteiger partial charge on any atom is -0.193 e. The molecule has 0 aromatic carbocycles. The van der Waals surface area contributed by atoms with Gasteiger partial charge in [-0.1, -0.05) is 30.9 Å². The normalized spacial score (nSPS) is 12.2. The van der Waals surface area contributed by atoms with E-state index in [9.17, 15) is 0 Å². The number of rotatable bonds is 3. The molecule has 56 valence electrons. The van der Waals surface area contributed by atoms with Crippen molar-refractivity contribution in [1.82, 2.24) is 0 Å². The summed E-state index contributed by atoms with van der Waals surface area (Å²) >= 11 is 0. The molecule has 0 aliphatic heterocycles. The summed E-state index contributed by atoms with van der Waals surface area (Å²) in [5.41, 5.74) is 1.01. The molecule has 0 aromatic heterocycles. The van der Waals surface area contributed by atoms with E-state index in [1.165, 1.54) is 6.08 Å². The first-order valence-electron chi connectivity index (χ1n) is 3.36. The van der Waals surface area contributed by atoms with E-state index in [1.54, 1.807) is 12.2 Å². The van der Waals surface area contributed by atoms with Crippen molar-refractivity contribution in [3.8, 4) is 6.07 Å². The Hall–Kier alpha value is -1.55. The molecule has 1 heteroatoms. The number of allylic oxidation sites excluding steroid dienone is 7. The highest BCUT2D eigenvalue weighted by atomic mass is 14.2. The molecule has 0 aliphatic rings. The van der Waals surface area contributed by atoms with Gasteiger partial charge in [-0.3, -0.25) is 0 Å². The van der Waals surface area contributed by atoms with E-state index in [4.69, 9.17) is 5.26 Å². The van der Waals surface area contributed by atoms with E-state index >= 15 is 0 Å². The molecule has 0 saturated heterocycles. The highest BCUT2D eigenvalue weighted by molar-refractivity contribution is 5.33. The number of hydrogen-bond donors (Lipinski definition) is 0. The van der Waals surface area contributed by atoms with E-state index in [2.05, 4.69) is 6.58 Å². The molecular weight excluding hydrogens is 134 g/mol. The van der Waals surface area contributed by atoms with Crippen LogP contribution in [-0.2, 0) is 0 Å². The Morgan fingerprint density at radius 1 is 1.45 bits per heavy atom. The predicted molar refractivity (Wildman–Crippen MR) is 47.8 cm³/mol. The molecule has 0 saturated carbocycles. The van der Waals surface area contributed by atoms with E-state index in [0.29, 0.717) is 0 Å². The topological polar surface area (TPSA) is 23.8 Å². The molecule has 0 unspecified atom stereocenters. The lowest BCUT2D eigenvalue weighted by atomic mass is 10.2. The van der Waals surface area contributed by atoms with Crippen LogP contribution < -0.4 is 0 Å². The molecule has 0 radical (unpaired) electrons. The molecule has 0 heterocycles. The Balaban J connectivity index is 4.22. The maximum atomic E-state index is 8.23. The van der Waals surface area contributed by atoms with Gasteiger partial charge in [0, 0.05) is 6.08 Å². The summed E-state index contributed by atoms with van der Waals surface area (Å²) in [5.74, 6) is 0. The molecule has 0 fully saturated rings. The van der Waals surface area contributed by atoms with E-state index in [0.717, 1.165) is 5.57 Å². The molecule has 0 aromatic rings. The van der Waals surface area contributed by atoms with E-state index < -0.39 is 0 Å². The Morgan fingerprint density at radius 2 is 2.18 bits per heavy atom. The van der Waals surface area contributed by atoms with Crippen LogP contribution in [0.1, 0.15) is 6.92 Å². The van der Waals surface area contributed by atoms with Crippen molar-refractivity contribution in [2.75, 3.05) is 0 Å². The van der Waals surface area contributed by atoms with Gasteiger partial charge in [0.2, 0.25) is 0 Å². The third-order valence-electron chi connectivity index (χ3n) is 1.11. The van der Waals surface area contributed by atoms with Crippen LogP contribution in [0.2, 0.25) is 0 Å². The fourth-order valence-electron chi connectivity index (χ4n) is 0.561. The second-order valence-electron chi connectivity index (χ2n) is 1.85.